The van der Waals surface area contributed by atoms with Crippen LogP contribution >= 0.6 is 55.1 Å². The molecule has 0 aromatic heterocycles. The van der Waals surface area contributed by atoms with Crippen LogP contribution in [0.4, 0.5) is 0 Å². The van der Waals surface area contributed by atoms with Crippen molar-refractivity contribution in [2.45, 2.75) is 18.5 Å². The molecule has 0 spiro atoms. The Morgan fingerprint density at radius 3 is 2.36 bits per heavy atom. The van der Waals surface area contributed by atoms with Gasteiger partial charge in [-0.15, -0.1) is 0 Å². The van der Waals surface area contributed by atoms with Crippen molar-refractivity contribution in [2.24, 2.45) is 0 Å². The van der Waals surface area contributed by atoms with E-state index in [-0.39, 0.29) is 6.10 Å². The smallest absolute Gasteiger partial charge is 0.206 e. The molecule has 1 aliphatic heterocycles. The van der Waals surface area contributed by atoms with E-state index < -0.39 is 5.79 Å². The van der Waals surface area contributed by atoms with Gasteiger partial charge < -0.3 is 14.2 Å². The van der Waals surface area contributed by atoms with Crippen molar-refractivity contribution in [1.29, 1.82) is 0 Å². The molecule has 0 radical (unpaired) electrons. The number of ether oxygens (including phenoxy) is 3. The molecule has 2 aromatic carbocycles. The zero-order valence-electron chi connectivity index (χ0n) is 13.2. The zero-order valence-corrected chi connectivity index (χ0v) is 17.9. The molecule has 0 N–H and O–H groups in total. The monoisotopic (exact) mass is 508 g/mol. The van der Waals surface area contributed by atoms with Gasteiger partial charge in [-0.1, -0.05) is 73.3 Å². The third kappa shape index (κ3) is 4.78. The Balaban J connectivity index is 1.62. The maximum atomic E-state index is 6.32. The van der Waals surface area contributed by atoms with Gasteiger partial charge in [-0.2, -0.15) is 0 Å². The lowest BCUT2D eigenvalue weighted by atomic mass is 10.1. The van der Waals surface area contributed by atoms with Crippen LogP contribution < -0.4 is 0 Å². The fourth-order valence-corrected chi connectivity index (χ4v) is 3.98. The number of benzene rings is 2. The molecule has 1 aliphatic rings. The number of rotatable bonds is 5. The molecule has 1 saturated heterocycles. The number of alkyl halides is 1. The second-order valence-corrected chi connectivity index (χ2v) is 8.01. The van der Waals surface area contributed by atoms with E-state index >= 15 is 0 Å². The van der Waals surface area contributed by atoms with Gasteiger partial charge in [0.15, 0.2) is 0 Å². The SMILES string of the molecule is Clc1ccc(C2(CBr)OCC(OCc3ccc(Br)cc3)CO2)c(Cl)c1. The summed E-state index contributed by atoms with van der Waals surface area (Å²) < 4.78 is 19.0. The lowest BCUT2D eigenvalue weighted by Crippen LogP contribution is -2.46. The van der Waals surface area contributed by atoms with Gasteiger partial charge in [0.25, 0.3) is 0 Å². The molecule has 0 aliphatic carbocycles. The largest absolute Gasteiger partial charge is 0.369 e. The highest BCUT2D eigenvalue weighted by Gasteiger charge is 2.40. The van der Waals surface area contributed by atoms with E-state index in [1.165, 1.54) is 0 Å². The average molecular weight is 511 g/mol. The normalized spacial score (nSPS) is 23.6. The van der Waals surface area contributed by atoms with Crippen molar-refractivity contribution in [1.82, 2.24) is 0 Å². The predicted molar refractivity (Wildman–Crippen MR) is 107 cm³/mol. The summed E-state index contributed by atoms with van der Waals surface area (Å²) in [6.45, 7) is 1.34. The van der Waals surface area contributed by atoms with Gasteiger partial charge in [-0.25, -0.2) is 0 Å². The fourth-order valence-electron chi connectivity index (χ4n) is 2.54. The van der Waals surface area contributed by atoms with Crippen molar-refractivity contribution in [3.05, 3.63) is 68.1 Å². The maximum absolute atomic E-state index is 6.32. The molecule has 3 nitrogen and oxygen atoms in total. The van der Waals surface area contributed by atoms with Gasteiger partial charge in [0.1, 0.15) is 6.10 Å². The first-order chi connectivity index (χ1) is 12.0. The van der Waals surface area contributed by atoms with Crippen LogP contribution in [-0.2, 0) is 26.6 Å². The van der Waals surface area contributed by atoms with Gasteiger partial charge in [0, 0.05) is 15.1 Å². The molecule has 0 amide bonds. The van der Waals surface area contributed by atoms with Crippen LogP contribution in [0.25, 0.3) is 0 Å². The summed E-state index contributed by atoms with van der Waals surface area (Å²) in [6, 6.07) is 13.3. The van der Waals surface area contributed by atoms with Crippen molar-refractivity contribution < 1.29 is 14.2 Å². The topological polar surface area (TPSA) is 27.7 Å². The molecular weight excluding hydrogens is 495 g/mol. The summed E-state index contributed by atoms with van der Waals surface area (Å²) in [5, 5.41) is 1.55. The van der Waals surface area contributed by atoms with Crippen LogP contribution in [0.15, 0.2) is 46.9 Å². The van der Waals surface area contributed by atoms with Crippen molar-refractivity contribution in [3.8, 4) is 0 Å². The minimum atomic E-state index is -0.931. The van der Waals surface area contributed by atoms with Crippen LogP contribution in [0.5, 0.6) is 0 Å². The molecule has 2 aromatic rings. The maximum Gasteiger partial charge on any atom is 0.206 e. The van der Waals surface area contributed by atoms with Crippen molar-refractivity contribution >= 4 is 55.1 Å². The molecule has 0 atom stereocenters. The van der Waals surface area contributed by atoms with Crippen LogP contribution in [-0.4, -0.2) is 24.6 Å². The standard InChI is InChI=1S/C18H16Br2Cl2O3/c19-11-18(16-6-5-14(21)7-17(16)22)24-9-15(10-25-18)23-8-12-1-3-13(20)4-2-12/h1-7,15H,8-11H2. The summed E-state index contributed by atoms with van der Waals surface area (Å²) in [5.74, 6) is -0.931. The quantitative estimate of drug-likeness (QED) is 0.466. The average Bonchev–Trinajstić information content (AvgIpc) is 2.62. The molecule has 25 heavy (non-hydrogen) atoms. The molecule has 1 fully saturated rings. The Morgan fingerprint density at radius 2 is 1.76 bits per heavy atom. The summed E-state index contributed by atoms with van der Waals surface area (Å²) in [5.41, 5.74) is 1.85. The van der Waals surface area contributed by atoms with Gasteiger partial charge >= 0.3 is 0 Å². The van der Waals surface area contributed by atoms with E-state index in [9.17, 15) is 0 Å². The number of halogens is 4. The van der Waals surface area contributed by atoms with Crippen molar-refractivity contribution in [3.63, 3.8) is 0 Å². The lowest BCUT2D eigenvalue weighted by Gasteiger charge is -2.39. The molecule has 3 rings (SSSR count). The third-order valence-corrected chi connectivity index (χ3v) is 5.74. The molecular formula is C18H16Br2Cl2O3. The Morgan fingerprint density at radius 1 is 1.08 bits per heavy atom. The highest BCUT2D eigenvalue weighted by atomic mass is 79.9. The van der Waals surface area contributed by atoms with E-state index in [0.29, 0.717) is 35.2 Å². The molecule has 0 unspecified atom stereocenters. The lowest BCUT2D eigenvalue weighted by molar-refractivity contribution is -0.294. The van der Waals surface area contributed by atoms with Gasteiger partial charge in [-0.3, -0.25) is 0 Å². The number of hydrogen-bond donors (Lipinski definition) is 0. The predicted octanol–water partition coefficient (Wildman–Crippen LogP) is 5.94. The van der Waals surface area contributed by atoms with Gasteiger partial charge in [0.05, 0.1) is 30.2 Å². The Hall–Kier alpha value is -0.140. The fraction of sp³-hybridized carbons (Fsp3) is 0.333. The van der Waals surface area contributed by atoms with E-state index in [4.69, 9.17) is 37.4 Å². The van der Waals surface area contributed by atoms with E-state index in [0.717, 1.165) is 15.6 Å². The van der Waals surface area contributed by atoms with E-state index in [2.05, 4.69) is 31.9 Å². The number of hydrogen-bond acceptors (Lipinski definition) is 3. The molecule has 1 heterocycles. The molecule has 0 bridgehead atoms. The highest BCUT2D eigenvalue weighted by Crippen LogP contribution is 2.38. The van der Waals surface area contributed by atoms with Crippen LogP contribution in [0.2, 0.25) is 10.0 Å². The van der Waals surface area contributed by atoms with Crippen molar-refractivity contribution in [2.75, 3.05) is 18.5 Å². The summed E-state index contributed by atoms with van der Waals surface area (Å²) in [7, 11) is 0. The molecule has 134 valence electrons. The molecule has 0 saturated carbocycles. The summed E-state index contributed by atoms with van der Waals surface area (Å²) in [4.78, 5) is 0. The summed E-state index contributed by atoms with van der Waals surface area (Å²) >= 11 is 19.2. The second kappa shape index (κ2) is 8.70. The Bertz CT molecular complexity index is 717. The first-order valence-electron chi connectivity index (χ1n) is 7.68. The van der Waals surface area contributed by atoms with Gasteiger partial charge in [-0.05, 0) is 29.8 Å². The first-order valence-corrected chi connectivity index (χ1v) is 10.3. The van der Waals surface area contributed by atoms with Crippen LogP contribution in [0, 0.1) is 0 Å². The molecule has 7 heteroatoms. The third-order valence-electron chi connectivity index (χ3n) is 3.92. The first kappa shape index (κ1) is 19.6. The summed E-state index contributed by atoms with van der Waals surface area (Å²) in [6.07, 6.45) is -0.137. The van der Waals surface area contributed by atoms with Crippen LogP contribution in [0.1, 0.15) is 11.1 Å². The van der Waals surface area contributed by atoms with E-state index in [1.807, 2.05) is 30.3 Å². The minimum absolute atomic E-state index is 0.137. The second-order valence-electron chi connectivity index (χ2n) is 5.69. The minimum Gasteiger partial charge on any atom is -0.369 e. The van der Waals surface area contributed by atoms with Gasteiger partial charge in [0.2, 0.25) is 5.79 Å². The Labute approximate surface area is 173 Å². The van der Waals surface area contributed by atoms with Crippen LogP contribution in [0.3, 0.4) is 0 Å². The van der Waals surface area contributed by atoms with E-state index in [1.54, 1.807) is 12.1 Å². The highest BCUT2D eigenvalue weighted by molar-refractivity contribution is 9.10. The Kier molecular flexibility index (Phi) is 6.83. The zero-order chi connectivity index (χ0) is 17.9.